The maximum atomic E-state index is 11.5. The summed E-state index contributed by atoms with van der Waals surface area (Å²) >= 11 is 0. The van der Waals surface area contributed by atoms with Crippen molar-refractivity contribution < 1.29 is 9.53 Å². The first-order valence-electron chi connectivity index (χ1n) is 6.88. The van der Waals surface area contributed by atoms with Crippen LogP contribution in [0.25, 0.3) is 0 Å². The summed E-state index contributed by atoms with van der Waals surface area (Å²) in [7, 11) is 1.99. The van der Waals surface area contributed by atoms with Gasteiger partial charge in [-0.05, 0) is 32.7 Å². The van der Waals surface area contributed by atoms with Gasteiger partial charge in [0.15, 0.2) is 0 Å². The quantitative estimate of drug-likeness (QED) is 0.733. The number of hydrogen-bond donors (Lipinski definition) is 2. The van der Waals surface area contributed by atoms with Crippen molar-refractivity contribution in [3.8, 4) is 0 Å². The van der Waals surface area contributed by atoms with E-state index in [4.69, 9.17) is 4.74 Å². The van der Waals surface area contributed by atoms with Crippen LogP contribution >= 0.6 is 0 Å². The van der Waals surface area contributed by atoms with Crippen LogP contribution in [-0.2, 0) is 9.53 Å². The highest BCUT2D eigenvalue weighted by molar-refractivity contribution is 5.76. The van der Waals surface area contributed by atoms with Crippen molar-refractivity contribution in [3.05, 3.63) is 0 Å². The lowest BCUT2D eigenvalue weighted by molar-refractivity contribution is -0.123. The summed E-state index contributed by atoms with van der Waals surface area (Å²) in [6.45, 7) is 0.557. The molecule has 0 spiro atoms. The Morgan fingerprint density at radius 3 is 2.71 bits per heavy atom. The molecule has 0 aliphatic heterocycles. The fourth-order valence-corrected chi connectivity index (χ4v) is 2.46. The molecular weight excluding hydrogens is 216 g/mol. The van der Waals surface area contributed by atoms with Gasteiger partial charge in [0.05, 0.1) is 12.7 Å². The first-order valence-corrected chi connectivity index (χ1v) is 6.88. The van der Waals surface area contributed by atoms with Gasteiger partial charge in [-0.1, -0.05) is 12.8 Å². The van der Waals surface area contributed by atoms with Crippen LogP contribution in [0.2, 0.25) is 0 Å². The summed E-state index contributed by atoms with van der Waals surface area (Å²) in [4.78, 5) is 11.5. The first kappa shape index (κ1) is 12.8. The van der Waals surface area contributed by atoms with Crippen LogP contribution in [0.15, 0.2) is 0 Å². The van der Waals surface area contributed by atoms with Gasteiger partial charge in [-0.3, -0.25) is 4.79 Å². The summed E-state index contributed by atoms with van der Waals surface area (Å²) in [5.41, 5.74) is 0. The zero-order valence-corrected chi connectivity index (χ0v) is 10.7. The summed E-state index contributed by atoms with van der Waals surface area (Å²) in [5, 5.41) is 6.29. The molecule has 0 aromatic carbocycles. The van der Waals surface area contributed by atoms with Crippen molar-refractivity contribution in [3.63, 3.8) is 0 Å². The van der Waals surface area contributed by atoms with Gasteiger partial charge in [-0.15, -0.1) is 0 Å². The van der Waals surface area contributed by atoms with Gasteiger partial charge in [-0.2, -0.15) is 0 Å². The smallest absolute Gasteiger partial charge is 0.222 e. The van der Waals surface area contributed by atoms with Crippen LogP contribution in [0.1, 0.15) is 44.9 Å². The SMILES string of the molecule is CNC1CCCCC1OCCC(=O)NC1CC1. The van der Waals surface area contributed by atoms with E-state index in [-0.39, 0.29) is 5.91 Å². The zero-order chi connectivity index (χ0) is 12.1. The number of ether oxygens (including phenoxy) is 1. The zero-order valence-electron chi connectivity index (χ0n) is 10.7. The highest BCUT2D eigenvalue weighted by Gasteiger charge is 2.25. The van der Waals surface area contributed by atoms with Crippen LogP contribution in [0.4, 0.5) is 0 Å². The Hall–Kier alpha value is -0.610. The van der Waals surface area contributed by atoms with Gasteiger partial charge >= 0.3 is 0 Å². The molecule has 2 aliphatic carbocycles. The average molecular weight is 240 g/mol. The molecule has 4 nitrogen and oxygen atoms in total. The Labute approximate surface area is 103 Å². The van der Waals surface area contributed by atoms with Gasteiger partial charge in [-0.25, -0.2) is 0 Å². The van der Waals surface area contributed by atoms with Crippen molar-refractivity contribution in [1.29, 1.82) is 0 Å². The van der Waals surface area contributed by atoms with Crippen molar-refractivity contribution >= 4 is 5.91 Å². The molecule has 4 heteroatoms. The Morgan fingerprint density at radius 2 is 2.00 bits per heavy atom. The minimum Gasteiger partial charge on any atom is -0.376 e. The molecule has 2 atom stereocenters. The average Bonchev–Trinajstić information content (AvgIpc) is 3.13. The van der Waals surface area contributed by atoms with Crippen LogP contribution in [-0.4, -0.2) is 37.7 Å². The number of likely N-dealkylation sites (N-methyl/N-ethyl adjacent to an activating group) is 1. The first-order chi connectivity index (χ1) is 8.29. The maximum Gasteiger partial charge on any atom is 0.222 e. The molecule has 0 radical (unpaired) electrons. The lowest BCUT2D eigenvalue weighted by atomic mass is 9.92. The van der Waals surface area contributed by atoms with Crippen molar-refractivity contribution in [2.45, 2.75) is 63.1 Å². The van der Waals surface area contributed by atoms with Crippen LogP contribution in [0.3, 0.4) is 0 Å². The van der Waals surface area contributed by atoms with Gasteiger partial charge in [0.25, 0.3) is 0 Å². The van der Waals surface area contributed by atoms with Gasteiger partial charge in [0, 0.05) is 18.5 Å². The third-order valence-electron chi connectivity index (χ3n) is 3.68. The van der Waals surface area contributed by atoms with E-state index in [1.54, 1.807) is 0 Å². The molecule has 17 heavy (non-hydrogen) atoms. The second-order valence-electron chi connectivity index (χ2n) is 5.18. The molecule has 2 rings (SSSR count). The lowest BCUT2D eigenvalue weighted by Crippen LogP contribution is -2.42. The third kappa shape index (κ3) is 4.28. The minimum atomic E-state index is 0.143. The Morgan fingerprint density at radius 1 is 1.24 bits per heavy atom. The molecule has 2 unspecified atom stereocenters. The largest absolute Gasteiger partial charge is 0.376 e. The highest BCUT2D eigenvalue weighted by atomic mass is 16.5. The van der Waals surface area contributed by atoms with E-state index in [9.17, 15) is 4.79 Å². The summed E-state index contributed by atoms with van der Waals surface area (Å²) < 4.78 is 5.84. The lowest BCUT2D eigenvalue weighted by Gasteiger charge is -2.31. The van der Waals surface area contributed by atoms with Gasteiger partial charge in [0.2, 0.25) is 5.91 Å². The topological polar surface area (TPSA) is 50.4 Å². The number of carbonyl (C=O) groups excluding carboxylic acids is 1. The molecule has 2 aliphatic rings. The number of rotatable bonds is 6. The van der Waals surface area contributed by atoms with Crippen molar-refractivity contribution in [1.82, 2.24) is 10.6 Å². The standard InChI is InChI=1S/C13H24N2O2/c1-14-11-4-2-3-5-12(11)17-9-8-13(16)15-10-6-7-10/h10-12,14H,2-9H2,1H3,(H,15,16). The van der Waals surface area contributed by atoms with E-state index in [1.807, 2.05) is 7.05 Å². The van der Waals surface area contributed by atoms with E-state index < -0.39 is 0 Å². The fraction of sp³-hybridized carbons (Fsp3) is 0.923. The maximum absolute atomic E-state index is 11.5. The van der Waals surface area contributed by atoms with Gasteiger partial charge in [0.1, 0.15) is 0 Å². The summed E-state index contributed by atoms with van der Waals surface area (Å²) in [5.74, 6) is 0.143. The predicted octanol–water partition coefficient (Wildman–Crippen LogP) is 1.20. The molecule has 1 amide bonds. The molecule has 0 aromatic rings. The second kappa shape index (κ2) is 6.36. The summed E-state index contributed by atoms with van der Waals surface area (Å²) in [6.07, 6.45) is 7.94. The fourth-order valence-electron chi connectivity index (χ4n) is 2.46. The molecule has 0 heterocycles. The summed E-state index contributed by atoms with van der Waals surface area (Å²) in [6, 6.07) is 0.928. The monoisotopic (exact) mass is 240 g/mol. The van der Waals surface area contributed by atoms with Crippen molar-refractivity contribution in [2.24, 2.45) is 0 Å². The Kier molecular flexibility index (Phi) is 4.80. The highest BCUT2D eigenvalue weighted by Crippen LogP contribution is 2.21. The van der Waals surface area contributed by atoms with E-state index in [0.717, 1.165) is 19.3 Å². The van der Waals surface area contributed by atoms with Crippen molar-refractivity contribution in [2.75, 3.05) is 13.7 Å². The molecule has 2 saturated carbocycles. The normalized spacial score (nSPS) is 29.0. The third-order valence-corrected chi connectivity index (χ3v) is 3.68. The number of nitrogens with one attached hydrogen (secondary N) is 2. The molecule has 2 fully saturated rings. The Balaban J connectivity index is 1.60. The molecular formula is C13H24N2O2. The van der Waals surface area contributed by atoms with Gasteiger partial charge < -0.3 is 15.4 Å². The van der Waals surface area contributed by atoms with Crippen LogP contribution < -0.4 is 10.6 Å². The molecule has 0 aromatic heterocycles. The van der Waals surface area contributed by atoms with E-state index in [2.05, 4.69) is 10.6 Å². The predicted molar refractivity (Wildman–Crippen MR) is 66.8 cm³/mol. The van der Waals surface area contributed by atoms with E-state index in [1.165, 1.54) is 19.3 Å². The molecule has 98 valence electrons. The van der Waals surface area contributed by atoms with Crippen LogP contribution in [0, 0.1) is 0 Å². The molecule has 0 saturated heterocycles. The van der Waals surface area contributed by atoms with E-state index in [0.29, 0.717) is 31.2 Å². The van der Waals surface area contributed by atoms with E-state index >= 15 is 0 Å². The number of hydrogen-bond acceptors (Lipinski definition) is 3. The number of amides is 1. The Bertz CT molecular complexity index is 254. The van der Waals surface area contributed by atoms with Crippen LogP contribution in [0.5, 0.6) is 0 Å². The number of carbonyl (C=O) groups is 1. The minimum absolute atomic E-state index is 0.143. The molecule has 0 bridgehead atoms. The second-order valence-corrected chi connectivity index (χ2v) is 5.18. The molecule has 2 N–H and O–H groups in total.